The fourth-order valence-corrected chi connectivity index (χ4v) is 3.09. The number of rotatable bonds is 4. The third-order valence-electron chi connectivity index (χ3n) is 3.90. The summed E-state index contributed by atoms with van der Waals surface area (Å²) in [4.78, 5) is 2.27. The number of nitrogens with one attached hydrogen (secondary N) is 1. The highest BCUT2D eigenvalue weighted by molar-refractivity contribution is 6.34. The topological polar surface area (TPSA) is 61.3 Å². The molecule has 2 N–H and O–H groups in total. The third kappa shape index (κ3) is 3.26. The van der Waals surface area contributed by atoms with Gasteiger partial charge in [-0.3, -0.25) is 4.90 Å². The molecule has 2 aromatic rings. The van der Waals surface area contributed by atoms with E-state index in [4.69, 9.17) is 16.7 Å². The molecule has 1 aliphatic heterocycles. The maximum absolute atomic E-state index is 9.07. The molecule has 1 aromatic carbocycles. The van der Waals surface area contributed by atoms with E-state index in [0.29, 0.717) is 11.2 Å². The number of halogens is 1. The van der Waals surface area contributed by atoms with E-state index in [1.165, 1.54) is 0 Å². The molecule has 0 unspecified atom stereocenters. The number of aromatic nitrogens is 2. The highest BCUT2D eigenvalue weighted by atomic mass is 35.5. The fraction of sp³-hybridized carbons (Fsp3) is 0.467. The van der Waals surface area contributed by atoms with Crippen LogP contribution in [0.25, 0.3) is 10.8 Å². The van der Waals surface area contributed by atoms with E-state index in [1.807, 2.05) is 24.3 Å². The zero-order chi connectivity index (χ0) is 14.7. The van der Waals surface area contributed by atoms with Gasteiger partial charge in [0.15, 0.2) is 11.0 Å². The van der Waals surface area contributed by atoms with Gasteiger partial charge in [0.25, 0.3) is 0 Å². The van der Waals surface area contributed by atoms with Gasteiger partial charge < -0.3 is 10.4 Å². The van der Waals surface area contributed by atoms with Crippen molar-refractivity contribution in [2.24, 2.45) is 0 Å². The van der Waals surface area contributed by atoms with Gasteiger partial charge in [0.2, 0.25) is 0 Å². The van der Waals surface area contributed by atoms with E-state index in [1.54, 1.807) is 0 Å². The number of piperidine rings is 1. The average molecular weight is 307 g/mol. The number of nitrogens with zero attached hydrogens (tertiary/aromatic N) is 3. The lowest BCUT2D eigenvalue weighted by Crippen LogP contribution is -2.43. The monoisotopic (exact) mass is 306 g/mol. The number of anilines is 1. The number of hydrogen-bond acceptors (Lipinski definition) is 5. The summed E-state index contributed by atoms with van der Waals surface area (Å²) in [5, 5.41) is 23.1. The maximum Gasteiger partial charge on any atom is 0.159 e. The van der Waals surface area contributed by atoms with Crippen LogP contribution in [0.2, 0.25) is 5.15 Å². The predicted molar refractivity (Wildman–Crippen MR) is 84.7 cm³/mol. The van der Waals surface area contributed by atoms with Crippen LogP contribution in [0.3, 0.4) is 0 Å². The summed E-state index contributed by atoms with van der Waals surface area (Å²) in [6.45, 7) is 2.90. The lowest BCUT2D eigenvalue weighted by molar-refractivity contribution is 0.166. The Labute approximate surface area is 128 Å². The van der Waals surface area contributed by atoms with Crippen molar-refractivity contribution in [3.8, 4) is 0 Å². The van der Waals surface area contributed by atoms with Gasteiger partial charge in [0, 0.05) is 29.9 Å². The van der Waals surface area contributed by atoms with Crippen LogP contribution < -0.4 is 5.32 Å². The van der Waals surface area contributed by atoms with E-state index < -0.39 is 0 Å². The van der Waals surface area contributed by atoms with Crippen molar-refractivity contribution >= 4 is 28.2 Å². The molecule has 5 nitrogen and oxygen atoms in total. The van der Waals surface area contributed by atoms with E-state index >= 15 is 0 Å². The number of benzene rings is 1. The minimum atomic E-state index is 0.205. The Kier molecular flexibility index (Phi) is 4.53. The van der Waals surface area contributed by atoms with Crippen molar-refractivity contribution < 1.29 is 5.11 Å². The summed E-state index contributed by atoms with van der Waals surface area (Å²) >= 11 is 6.10. The van der Waals surface area contributed by atoms with E-state index in [-0.39, 0.29) is 6.61 Å². The SMILES string of the molecule is OCCN1CCC[C@@H](Nc2nnc(Cl)c3ccccc23)C1. The van der Waals surface area contributed by atoms with Crippen LogP contribution in [0.5, 0.6) is 0 Å². The van der Waals surface area contributed by atoms with Crippen LogP contribution in [0.1, 0.15) is 12.8 Å². The molecule has 0 saturated carbocycles. The van der Waals surface area contributed by atoms with Crippen LogP contribution in [0.4, 0.5) is 5.82 Å². The summed E-state index contributed by atoms with van der Waals surface area (Å²) < 4.78 is 0. The van der Waals surface area contributed by atoms with Gasteiger partial charge in [-0.25, -0.2) is 0 Å². The van der Waals surface area contributed by atoms with Crippen LogP contribution in [0, 0.1) is 0 Å². The lowest BCUT2D eigenvalue weighted by atomic mass is 10.1. The standard InChI is InChI=1S/C15H19ClN4O/c16-14-12-5-1-2-6-13(12)15(19-18-14)17-11-4-3-7-20(10-11)8-9-21/h1-2,5-6,11,21H,3-4,7-10H2,(H,17,19)/t11-/m1/s1. The second-order valence-corrected chi connectivity index (χ2v) is 5.75. The van der Waals surface area contributed by atoms with Gasteiger partial charge in [-0.1, -0.05) is 35.9 Å². The van der Waals surface area contributed by atoms with Gasteiger partial charge in [0.05, 0.1) is 6.61 Å². The molecule has 112 valence electrons. The molecule has 0 spiro atoms. The van der Waals surface area contributed by atoms with Crippen molar-refractivity contribution in [3.05, 3.63) is 29.4 Å². The molecule has 1 fully saturated rings. The first-order chi connectivity index (χ1) is 10.3. The van der Waals surface area contributed by atoms with Crippen molar-refractivity contribution in [2.75, 3.05) is 31.6 Å². The smallest absolute Gasteiger partial charge is 0.159 e. The largest absolute Gasteiger partial charge is 0.395 e. The number of likely N-dealkylation sites (tertiary alicyclic amines) is 1. The molecule has 0 amide bonds. The first kappa shape index (κ1) is 14.5. The zero-order valence-corrected chi connectivity index (χ0v) is 12.6. The van der Waals surface area contributed by atoms with Crippen molar-refractivity contribution in [1.82, 2.24) is 15.1 Å². The minimum absolute atomic E-state index is 0.205. The molecule has 0 bridgehead atoms. The Hall–Kier alpha value is -1.43. The normalized spacial score (nSPS) is 19.8. The molecule has 3 rings (SSSR count). The van der Waals surface area contributed by atoms with Gasteiger partial charge in [-0.2, -0.15) is 0 Å². The first-order valence-electron chi connectivity index (χ1n) is 7.28. The molecular weight excluding hydrogens is 288 g/mol. The van der Waals surface area contributed by atoms with E-state index in [0.717, 1.165) is 49.1 Å². The predicted octanol–water partition coefficient (Wildman–Crippen LogP) is 2.15. The number of aliphatic hydroxyl groups excluding tert-OH is 1. The lowest BCUT2D eigenvalue weighted by Gasteiger charge is -2.33. The molecule has 1 aliphatic rings. The van der Waals surface area contributed by atoms with Crippen molar-refractivity contribution in [3.63, 3.8) is 0 Å². The number of aliphatic hydroxyl groups is 1. The van der Waals surface area contributed by atoms with Gasteiger partial charge >= 0.3 is 0 Å². The summed E-state index contributed by atoms with van der Waals surface area (Å²) in [5.41, 5.74) is 0. The van der Waals surface area contributed by atoms with E-state index in [9.17, 15) is 0 Å². The molecule has 1 atom stereocenters. The summed E-state index contributed by atoms with van der Waals surface area (Å²) in [6.07, 6.45) is 2.22. The highest BCUT2D eigenvalue weighted by Gasteiger charge is 2.20. The highest BCUT2D eigenvalue weighted by Crippen LogP contribution is 2.26. The Morgan fingerprint density at radius 1 is 1.29 bits per heavy atom. The fourth-order valence-electron chi connectivity index (χ4n) is 2.89. The Morgan fingerprint density at radius 3 is 2.90 bits per heavy atom. The summed E-state index contributed by atoms with van der Waals surface area (Å²) in [6, 6.07) is 8.21. The van der Waals surface area contributed by atoms with Crippen LogP contribution in [-0.2, 0) is 0 Å². The second-order valence-electron chi connectivity index (χ2n) is 5.39. The Balaban J connectivity index is 1.80. The van der Waals surface area contributed by atoms with Crippen LogP contribution in [0.15, 0.2) is 24.3 Å². The molecule has 21 heavy (non-hydrogen) atoms. The molecule has 6 heteroatoms. The maximum atomic E-state index is 9.07. The molecule has 1 saturated heterocycles. The summed E-state index contributed by atoms with van der Waals surface area (Å²) in [5.74, 6) is 0.783. The molecule has 0 aliphatic carbocycles. The van der Waals surface area contributed by atoms with Gasteiger partial charge in [-0.05, 0) is 19.4 Å². The number of β-amino-alcohol motifs (C(OH)–C–C–N with tert-alkyl or cyclic N) is 1. The van der Waals surface area contributed by atoms with Gasteiger partial charge in [0.1, 0.15) is 0 Å². The molecular formula is C15H19ClN4O. The summed E-state index contributed by atoms with van der Waals surface area (Å²) in [7, 11) is 0. The molecule has 1 aromatic heterocycles. The van der Waals surface area contributed by atoms with Crippen LogP contribution >= 0.6 is 11.6 Å². The number of fused-ring (bicyclic) bond motifs is 1. The van der Waals surface area contributed by atoms with Gasteiger partial charge in [-0.15, -0.1) is 10.2 Å². The average Bonchev–Trinajstić information content (AvgIpc) is 2.51. The quantitative estimate of drug-likeness (QED) is 0.906. The third-order valence-corrected chi connectivity index (χ3v) is 4.18. The number of hydrogen-bond donors (Lipinski definition) is 2. The van der Waals surface area contributed by atoms with Crippen molar-refractivity contribution in [2.45, 2.75) is 18.9 Å². The molecule has 2 heterocycles. The molecule has 0 radical (unpaired) electrons. The van der Waals surface area contributed by atoms with E-state index in [2.05, 4.69) is 20.4 Å². The second kappa shape index (κ2) is 6.56. The minimum Gasteiger partial charge on any atom is -0.395 e. The first-order valence-corrected chi connectivity index (χ1v) is 7.66. The van der Waals surface area contributed by atoms with Crippen molar-refractivity contribution in [1.29, 1.82) is 0 Å². The Bertz CT molecular complexity index is 620. The zero-order valence-electron chi connectivity index (χ0n) is 11.8. The van der Waals surface area contributed by atoms with Crippen LogP contribution in [-0.4, -0.2) is 52.5 Å². The Morgan fingerprint density at radius 2 is 2.10 bits per heavy atom.